The molecule has 0 atom stereocenters. The lowest BCUT2D eigenvalue weighted by Gasteiger charge is -2.00. The fourth-order valence-electron chi connectivity index (χ4n) is 1.24. The Morgan fingerprint density at radius 3 is 2.88 bits per heavy atom. The van der Waals surface area contributed by atoms with Crippen molar-refractivity contribution in [3.8, 4) is 5.75 Å². The summed E-state index contributed by atoms with van der Waals surface area (Å²) >= 11 is 0. The van der Waals surface area contributed by atoms with E-state index in [1.54, 1.807) is 0 Å². The second-order valence-electron chi connectivity index (χ2n) is 3.24. The molecule has 1 heterocycles. The molecule has 0 aliphatic carbocycles. The van der Waals surface area contributed by atoms with Crippen LogP contribution in [0.1, 0.15) is 11.7 Å². The van der Waals surface area contributed by atoms with E-state index < -0.39 is 0 Å². The third-order valence-corrected chi connectivity index (χ3v) is 1.95. The molecule has 0 aliphatic rings. The first-order valence-electron chi connectivity index (χ1n) is 5.02. The Kier molecular flexibility index (Phi) is 3.50. The van der Waals surface area contributed by atoms with Gasteiger partial charge in [-0.05, 0) is 19.2 Å². The Labute approximate surface area is 93.4 Å². The number of para-hydroxylation sites is 1. The minimum atomic E-state index is 0.292. The molecule has 2 rings (SSSR count). The number of rotatable bonds is 5. The summed E-state index contributed by atoms with van der Waals surface area (Å²) in [7, 11) is 1.83. The quantitative estimate of drug-likeness (QED) is 0.822. The second-order valence-corrected chi connectivity index (χ2v) is 3.24. The molecule has 0 radical (unpaired) electrons. The molecular formula is C11H13N3O2. The van der Waals surface area contributed by atoms with Crippen LogP contribution in [-0.2, 0) is 13.2 Å². The molecule has 0 spiro atoms. The number of aromatic nitrogens is 2. The standard InChI is InChI=1S/C11H13N3O2/c1-12-7-10-13-11(16-14-10)8-15-9-5-3-2-4-6-9/h2-6,12H,7-8H2,1H3. The summed E-state index contributed by atoms with van der Waals surface area (Å²) in [6, 6.07) is 9.52. The number of hydrogen-bond acceptors (Lipinski definition) is 5. The molecule has 1 aromatic heterocycles. The van der Waals surface area contributed by atoms with E-state index in [1.165, 1.54) is 0 Å². The van der Waals surface area contributed by atoms with Gasteiger partial charge < -0.3 is 14.6 Å². The van der Waals surface area contributed by atoms with Crippen LogP contribution in [0.4, 0.5) is 0 Å². The molecule has 0 aliphatic heterocycles. The highest BCUT2D eigenvalue weighted by atomic mass is 16.5. The second kappa shape index (κ2) is 5.27. The van der Waals surface area contributed by atoms with E-state index in [0.717, 1.165) is 5.75 Å². The number of nitrogens with zero attached hydrogens (tertiary/aromatic N) is 2. The number of nitrogens with one attached hydrogen (secondary N) is 1. The SMILES string of the molecule is CNCc1noc(COc2ccccc2)n1. The minimum Gasteiger partial charge on any atom is -0.484 e. The van der Waals surface area contributed by atoms with Crippen molar-refractivity contribution in [2.75, 3.05) is 7.05 Å². The number of hydrogen-bond donors (Lipinski definition) is 1. The average Bonchev–Trinajstić information content (AvgIpc) is 2.76. The lowest BCUT2D eigenvalue weighted by molar-refractivity contribution is 0.242. The summed E-state index contributed by atoms with van der Waals surface area (Å²) in [4.78, 5) is 4.15. The molecule has 0 saturated carbocycles. The van der Waals surface area contributed by atoms with Crippen LogP contribution in [0.15, 0.2) is 34.9 Å². The third kappa shape index (κ3) is 2.80. The van der Waals surface area contributed by atoms with E-state index in [9.17, 15) is 0 Å². The molecule has 16 heavy (non-hydrogen) atoms. The van der Waals surface area contributed by atoms with Gasteiger partial charge in [0.15, 0.2) is 12.4 Å². The van der Waals surface area contributed by atoms with Crippen LogP contribution in [0.2, 0.25) is 0 Å². The molecule has 0 saturated heterocycles. The normalized spacial score (nSPS) is 10.3. The van der Waals surface area contributed by atoms with Gasteiger partial charge in [-0.25, -0.2) is 0 Å². The summed E-state index contributed by atoms with van der Waals surface area (Å²) in [5.41, 5.74) is 0. The molecular weight excluding hydrogens is 206 g/mol. The van der Waals surface area contributed by atoms with Crippen LogP contribution in [0.5, 0.6) is 5.75 Å². The third-order valence-electron chi connectivity index (χ3n) is 1.95. The van der Waals surface area contributed by atoms with Crippen molar-refractivity contribution in [1.82, 2.24) is 15.5 Å². The molecule has 0 amide bonds. The molecule has 0 unspecified atom stereocenters. The highest BCUT2D eigenvalue weighted by molar-refractivity contribution is 5.20. The summed E-state index contributed by atoms with van der Waals surface area (Å²) in [6.45, 7) is 0.884. The fourth-order valence-corrected chi connectivity index (χ4v) is 1.24. The first kappa shape index (κ1) is 10.6. The maximum atomic E-state index is 5.47. The molecule has 2 aromatic rings. The number of ether oxygens (including phenoxy) is 1. The zero-order valence-corrected chi connectivity index (χ0v) is 9.01. The van der Waals surface area contributed by atoms with E-state index >= 15 is 0 Å². The van der Waals surface area contributed by atoms with Gasteiger partial charge >= 0.3 is 0 Å². The topological polar surface area (TPSA) is 60.2 Å². The maximum Gasteiger partial charge on any atom is 0.264 e. The van der Waals surface area contributed by atoms with Gasteiger partial charge in [0.25, 0.3) is 5.89 Å². The van der Waals surface area contributed by atoms with Gasteiger partial charge in [-0.2, -0.15) is 4.98 Å². The van der Waals surface area contributed by atoms with Crippen molar-refractivity contribution in [1.29, 1.82) is 0 Å². The van der Waals surface area contributed by atoms with Crippen LogP contribution in [0.3, 0.4) is 0 Å². The van der Waals surface area contributed by atoms with Gasteiger partial charge in [0, 0.05) is 0 Å². The van der Waals surface area contributed by atoms with Crippen LogP contribution in [-0.4, -0.2) is 17.2 Å². The fraction of sp³-hybridized carbons (Fsp3) is 0.273. The molecule has 5 heteroatoms. The van der Waals surface area contributed by atoms with E-state index in [-0.39, 0.29) is 0 Å². The average molecular weight is 219 g/mol. The summed E-state index contributed by atoms with van der Waals surface area (Å²) in [6.07, 6.45) is 0. The van der Waals surface area contributed by atoms with E-state index in [0.29, 0.717) is 24.9 Å². The largest absolute Gasteiger partial charge is 0.484 e. The maximum absolute atomic E-state index is 5.47. The molecule has 1 N–H and O–H groups in total. The van der Waals surface area contributed by atoms with Crippen molar-refractivity contribution in [2.45, 2.75) is 13.2 Å². The Morgan fingerprint density at radius 2 is 2.12 bits per heavy atom. The lowest BCUT2D eigenvalue weighted by atomic mass is 10.3. The molecule has 84 valence electrons. The predicted molar refractivity (Wildman–Crippen MR) is 57.8 cm³/mol. The van der Waals surface area contributed by atoms with Gasteiger partial charge in [-0.15, -0.1) is 0 Å². The van der Waals surface area contributed by atoms with Crippen molar-refractivity contribution in [3.05, 3.63) is 42.0 Å². The van der Waals surface area contributed by atoms with Crippen LogP contribution >= 0.6 is 0 Å². The van der Waals surface area contributed by atoms with Gasteiger partial charge in [-0.1, -0.05) is 23.4 Å². The molecule has 5 nitrogen and oxygen atoms in total. The van der Waals surface area contributed by atoms with Gasteiger partial charge in [-0.3, -0.25) is 0 Å². The summed E-state index contributed by atoms with van der Waals surface area (Å²) in [5, 5.41) is 6.73. The zero-order chi connectivity index (χ0) is 11.2. The van der Waals surface area contributed by atoms with Gasteiger partial charge in [0.05, 0.1) is 6.54 Å². The van der Waals surface area contributed by atoms with E-state index in [2.05, 4.69) is 15.5 Å². The lowest BCUT2D eigenvalue weighted by Crippen LogP contribution is -2.06. The van der Waals surface area contributed by atoms with Crippen LogP contribution < -0.4 is 10.1 Å². The first-order chi connectivity index (χ1) is 7.88. The van der Waals surface area contributed by atoms with Crippen LogP contribution in [0, 0.1) is 0 Å². The molecule has 1 aromatic carbocycles. The zero-order valence-electron chi connectivity index (χ0n) is 9.01. The Balaban J connectivity index is 1.89. The van der Waals surface area contributed by atoms with E-state index in [4.69, 9.17) is 9.26 Å². The number of benzene rings is 1. The summed E-state index contributed by atoms with van der Waals surface area (Å²) in [5.74, 6) is 1.90. The van der Waals surface area contributed by atoms with Crippen molar-refractivity contribution >= 4 is 0 Å². The smallest absolute Gasteiger partial charge is 0.264 e. The predicted octanol–water partition coefficient (Wildman–Crippen LogP) is 1.37. The Morgan fingerprint density at radius 1 is 1.31 bits per heavy atom. The van der Waals surface area contributed by atoms with Crippen LogP contribution in [0.25, 0.3) is 0 Å². The minimum absolute atomic E-state index is 0.292. The molecule has 0 fully saturated rings. The van der Waals surface area contributed by atoms with Crippen molar-refractivity contribution in [3.63, 3.8) is 0 Å². The first-order valence-corrected chi connectivity index (χ1v) is 5.02. The monoisotopic (exact) mass is 219 g/mol. The van der Waals surface area contributed by atoms with E-state index in [1.807, 2.05) is 37.4 Å². The highest BCUT2D eigenvalue weighted by Crippen LogP contribution is 2.10. The highest BCUT2D eigenvalue weighted by Gasteiger charge is 2.05. The van der Waals surface area contributed by atoms with Crippen molar-refractivity contribution in [2.24, 2.45) is 0 Å². The van der Waals surface area contributed by atoms with Crippen molar-refractivity contribution < 1.29 is 9.26 Å². The summed E-state index contributed by atoms with van der Waals surface area (Å²) < 4.78 is 10.5. The Bertz CT molecular complexity index is 428. The van der Waals surface area contributed by atoms with Gasteiger partial charge in [0.2, 0.25) is 0 Å². The molecule has 0 bridgehead atoms. The van der Waals surface area contributed by atoms with Gasteiger partial charge in [0.1, 0.15) is 5.75 Å². The Hall–Kier alpha value is -1.88.